The van der Waals surface area contributed by atoms with Crippen LogP contribution in [0.1, 0.15) is 18.2 Å². The number of fused-ring (bicyclic) bond motifs is 2. The first-order valence-electron chi connectivity index (χ1n) is 9.13. The van der Waals surface area contributed by atoms with Crippen molar-refractivity contribution in [2.75, 3.05) is 0 Å². The normalized spacial score (nSPS) is 12.7. The van der Waals surface area contributed by atoms with E-state index in [0.717, 1.165) is 16.7 Å². The van der Waals surface area contributed by atoms with E-state index >= 15 is 0 Å². The van der Waals surface area contributed by atoms with Crippen molar-refractivity contribution < 1.29 is 0 Å². The van der Waals surface area contributed by atoms with Gasteiger partial charge in [0.1, 0.15) is 0 Å². The third-order valence-corrected chi connectivity index (χ3v) is 4.90. The smallest absolute Gasteiger partial charge is 0.261 e. The SMILES string of the molecule is Cc1ccc2c(c1)c(CN[C@H](C)Cn1cnc3ccccc3c1=O)nn2C. The van der Waals surface area contributed by atoms with Crippen molar-refractivity contribution in [3.8, 4) is 0 Å². The van der Waals surface area contributed by atoms with Crippen LogP contribution >= 0.6 is 0 Å². The van der Waals surface area contributed by atoms with Gasteiger partial charge in [-0.1, -0.05) is 23.8 Å². The van der Waals surface area contributed by atoms with E-state index in [2.05, 4.69) is 47.4 Å². The Morgan fingerprint density at radius 2 is 1.96 bits per heavy atom. The van der Waals surface area contributed by atoms with Crippen molar-refractivity contribution in [2.45, 2.75) is 33.0 Å². The molecule has 0 aliphatic carbocycles. The van der Waals surface area contributed by atoms with Crippen LogP contribution in [0.15, 0.2) is 53.6 Å². The summed E-state index contributed by atoms with van der Waals surface area (Å²) in [5.74, 6) is 0. The summed E-state index contributed by atoms with van der Waals surface area (Å²) in [6.45, 7) is 5.36. The molecule has 2 aromatic heterocycles. The van der Waals surface area contributed by atoms with E-state index in [0.29, 0.717) is 18.5 Å². The molecular formula is C21H23N5O. The van der Waals surface area contributed by atoms with Crippen LogP contribution in [0.25, 0.3) is 21.8 Å². The van der Waals surface area contributed by atoms with Crippen LogP contribution in [-0.4, -0.2) is 25.4 Å². The van der Waals surface area contributed by atoms with Crippen LogP contribution in [0.2, 0.25) is 0 Å². The van der Waals surface area contributed by atoms with Gasteiger partial charge in [-0.3, -0.25) is 14.0 Å². The number of aryl methyl sites for hydroxylation is 2. The fraction of sp³-hybridized carbons (Fsp3) is 0.286. The van der Waals surface area contributed by atoms with Gasteiger partial charge in [-0.05, 0) is 38.1 Å². The fourth-order valence-electron chi connectivity index (χ4n) is 3.45. The topological polar surface area (TPSA) is 64.7 Å². The zero-order valence-corrected chi connectivity index (χ0v) is 15.8. The van der Waals surface area contributed by atoms with Crippen LogP contribution in [0.4, 0.5) is 0 Å². The molecule has 1 N–H and O–H groups in total. The summed E-state index contributed by atoms with van der Waals surface area (Å²) in [6, 6.07) is 13.9. The molecule has 0 fully saturated rings. The molecule has 0 radical (unpaired) electrons. The first kappa shape index (κ1) is 17.4. The molecule has 6 heteroatoms. The molecule has 4 rings (SSSR count). The average molecular weight is 361 g/mol. The van der Waals surface area contributed by atoms with Crippen LogP contribution in [0.3, 0.4) is 0 Å². The predicted molar refractivity (Wildman–Crippen MR) is 108 cm³/mol. The lowest BCUT2D eigenvalue weighted by Gasteiger charge is -2.15. The quantitative estimate of drug-likeness (QED) is 0.594. The monoisotopic (exact) mass is 361 g/mol. The lowest BCUT2D eigenvalue weighted by molar-refractivity contribution is 0.464. The lowest BCUT2D eigenvalue weighted by atomic mass is 10.1. The average Bonchev–Trinajstić information content (AvgIpc) is 2.97. The molecule has 4 aromatic rings. The molecule has 0 saturated carbocycles. The van der Waals surface area contributed by atoms with E-state index in [9.17, 15) is 4.79 Å². The zero-order valence-electron chi connectivity index (χ0n) is 15.8. The van der Waals surface area contributed by atoms with Gasteiger partial charge in [0.25, 0.3) is 5.56 Å². The van der Waals surface area contributed by atoms with Crippen LogP contribution in [0, 0.1) is 6.92 Å². The Labute approximate surface area is 157 Å². The van der Waals surface area contributed by atoms with E-state index in [1.807, 2.05) is 36.0 Å². The standard InChI is InChI=1S/C21H23N5O/c1-14-8-9-20-17(10-14)19(24-25(20)3)11-22-15(2)12-26-13-23-18-7-5-4-6-16(18)21(26)27/h4-10,13,15,22H,11-12H2,1-3H3/t15-/m1/s1. The van der Waals surface area contributed by atoms with Gasteiger partial charge in [0, 0.05) is 31.6 Å². The van der Waals surface area contributed by atoms with E-state index in [-0.39, 0.29) is 11.6 Å². The third-order valence-electron chi connectivity index (χ3n) is 4.90. The van der Waals surface area contributed by atoms with Crippen LogP contribution in [-0.2, 0) is 20.1 Å². The minimum absolute atomic E-state index is 0.00633. The number of benzene rings is 2. The molecule has 1 atom stereocenters. The van der Waals surface area contributed by atoms with Gasteiger partial charge < -0.3 is 5.32 Å². The number of nitrogens with one attached hydrogen (secondary N) is 1. The Morgan fingerprint density at radius 1 is 1.15 bits per heavy atom. The van der Waals surface area contributed by atoms with Gasteiger partial charge in [0.05, 0.1) is 28.4 Å². The number of hydrogen-bond acceptors (Lipinski definition) is 4. The van der Waals surface area contributed by atoms with Gasteiger partial charge in [-0.2, -0.15) is 5.10 Å². The summed E-state index contributed by atoms with van der Waals surface area (Å²) >= 11 is 0. The molecule has 0 saturated heterocycles. The Balaban J connectivity index is 1.51. The van der Waals surface area contributed by atoms with Gasteiger partial charge in [-0.15, -0.1) is 0 Å². The summed E-state index contributed by atoms with van der Waals surface area (Å²) in [6.07, 6.45) is 1.63. The van der Waals surface area contributed by atoms with Gasteiger partial charge in [0.2, 0.25) is 0 Å². The predicted octanol–water partition coefficient (Wildman–Crippen LogP) is 2.77. The highest BCUT2D eigenvalue weighted by atomic mass is 16.1. The Kier molecular flexibility index (Phi) is 4.49. The van der Waals surface area contributed by atoms with Crippen molar-refractivity contribution in [3.63, 3.8) is 0 Å². The maximum Gasteiger partial charge on any atom is 0.261 e. The minimum Gasteiger partial charge on any atom is -0.307 e. The second-order valence-corrected chi connectivity index (χ2v) is 7.09. The molecular weight excluding hydrogens is 338 g/mol. The maximum atomic E-state index is 12.6. The van der Waals surface area contributed by atoms with Crippen LogP contribution in [0.5, 0.6) is 0 Å². The van der Waals surface area contributed by atoms with Crippen LogP contribution < -0.4 is 10.9 Å². The van der Waals surface area contributed by atoms with E-state index in [1.165, 1.54) is 10.9 Å². The Hall–Kier alpha value is -2.99. The second kappa shape index (κ2) is 6.96. The molecule has 27 heavy (non-hydrogen) atoms. The summed E-state index contributed by atoms with van der Waals surface area (Å²) in [5, 5.41) is 9.95. The van der Waals surface area contributed by atoms with Crippen molar-refractivity contribution in [1.29, 1.82) is 0 Å². The first-order chi connectivity index (χ1) is 13.0. The molecule has 138 valence electrons. The molecule has 0 unspecified atom stereocenters. The second-order valence-electron chi connectivity index (χ2n) is 7.09. The summed E-state index contributed by atoms with van der Waals surface area (Å²) in [7, 11) is 1.96. The molecule has 6 nitrogen and oxygen atoms in total. The summed E-state index contributed by atoms with van der Waals surface area (Å²) < 4.78 is 3.58. The third kappa shape index (κ3) is 3.36. The van der Waals surface area contributed by atoms with Crippen molar-refractivity contribution >= 4 is 21.8 Å². The molecule has 2 aromatic carbocycles. The van der Waals surface area contributed by atoms with Crippen molar-refractivity contribution in [3.05, 3.63) is 70.4 Å². The van der Waals surface area contributed by atoms with Gasteiger partial charge >= 0.3 is 0 Å². The van der Waals surface area contributed by atoms with E-state index in [1.54, 1.807) is 10.9 Å². The number of para-hydroxylation sites is 1. The Bertz CT molecular complexity index is 1170. The number of aromatic nitrogens is 4. The highest BCUT2D eigenvalue weighted by molar-refractivity contribution is 5.82. The molecule has 0 amide bonds. The largest absolute Gasteiger partial charge is 0.307 e. The minimum atomic E-state index is -0.00633. The highest BCUT2D eigenvalue weighted by Gasteiger charge is 2.11. The lowest BCUT2D eigenvalue weighted by Crippen LogP contribution is -2.34. The molecule has 0 aliphatic heterocycles. The van der Waals surface area contributed by atoms with Gasteiger partial charge in [0.15, 0.2) is 0 Å². The summed E-state index contributed by atoms with van der Waals surface area (Å²) in [4.78, 5) is 17.0. The number of rotatable bonds is 5. The zero-order chi connectivity index (χ0) is 19.0. The van der Waals surface area contributed by atoms with Crippen molar-refractivity contribution in [1.82, 2.24) is 24.6 Å². The molecule has 0 spiro atoms. The maximum absolute atomic E-state index is 12.6. The van der Waals surface area contributed by atoms with Crippen molar-refractivity contribution in [2.24, 2.45) is 7.05 Å². The molecule has 0 bridgehead atoms. The molecule has 0 aliphatic rings. The molecule has 2 heterocycles. The Morgan fingerprint density at radius 3 is 2.81 bits per heavy atom. The number of nitrogens with zero attached hydrogens (tertiary/aromatic N) is 4. The number of hydrogen-bond donors (Lipinski definition) is 1. The summed E-state index contributed by atoms with van der Waals surface area (Å²) in [5.41, 5.74) is 4.09. The van der Waals surface area contributed by atoms with E-state index in [4.69, 9.17) is 0 Å². The van der Waals surface area contributed by atoms with E-state index < -0.39 is 0 Å². The van der Waals surface area contributed by atoms with Gasteiger partial charge in [-0.25, -0.2) is 4.98 Å². The fourth-order valence-corrected chi connectivity index (χ4v) is 3.45. The first-order valence-corrected chi connectivity index (χ1v) is 9.13. The highest BCUT2D eigenvalue weighted by Crippen LogP contribution is 2.19.